The standard InChI is InChI=1S/C26H27ClO6/c1-15-11-20(12-16(2)24(15)27)32-23-14-30-22-13-19(9-10-21(22)25(23)28)31-17(3)26(29)33-18-7-5-4-6-8-18/h9-14,17-18H,4-8H2,1-3H3/t17-/m1/s1. The predicted octanol–water partition coefficient (Wildman–Crippen LogP) is 6.50. The third kappa shape index (κ3) is 5.33. The fraction of sp³-hybridized carbons (Fsp3) is 0.385. The van der Waals surface area contributed by atoms with Gasteiger partial charge in [-0.3, -0.25) is 4.79 Å². The molecule has 4 rings (SSSR count). The molecule has 174 valence electrons. The molecule has 0 unspecified atom stereocenters. The van der Waals surface area contributed by atoms with Crippen LogP contribution >= 0.6 is 11.6 Å². The van der Waals surface area contributed by atoms with Gasteiger partial charge in [0.15, 0.2) is 6.10 Å². The normalized spacial score (nSPS) is 15.3. The van der Waals surface area contributed by atoms with E-state index in [1.807, 2.05) is 13.8 Å². The molecule has 0 amide bonds. The maximum atomic E-state index is 12.9. The second-order valence-corrected chi connectivity index (χ2v) is 8.90. The van der Waals surface area contributed by atoms with Crippen LogP contribution in [0.2, 0.25) is 5.02 Å². The molecular weight excluding hydrogens is 444 g/mol. The van der Waals surface area contributed by atoms with Crippen molar-refractivity contribution in [3.05, 3.63) is 63.0 Å². The molecule has 0 bridgehead atoms. The van der Waals surface area contributed by atoms with Crippen molar-refractivity contribution in [3.8, 4) is 17.2 Å². The Kier molecular flexibility index (Phi) is 6.94. The maximum Gasteiger partial charge on any atom is 0.347 e. The van der Waals surface area contributed by atoms with Crippen molar-refractivity contribution in [2.24, 2.45) is 0 Å². The number of fused-ring (bicyclic) bond motifs is 1. The lowest BCUT2D eigenvalue weighted by molar-refractivity contribution is -0.158. The Labute approximate surface area is 197 Å². The van der Waals surface area contributed by atoms with Gasteiger partial charge in [-0.05, 0) is 81.8 Å². The number of carbonyl (C=O) groups is 1. The largest absolute Gasteiger partial charge is 0.479 e. The van der Waals surface area contributed by atoms with Gasteiger partial charge in [0, 0.05) is 11.1 Å². The van der Waals surface area contributed by atoms with E-state index in [0.717, 1.165) is 36.8 Å². The SMILES string of the molecule is Cc1cc(Oc2coc3cc(O[C@H](C)C(=O)OC4CCCCC4)ccc3c2=O)cc(C)c1Cl. The van der Waals surface area contributed by atoms with Gasteiger partial charge in [-0.2, -0.15) is 0 Å². The first-order valence-corrected chi connectivity index (χ1v) is 11.6. The molecule has 6 nitrogen and oxygen atoms in total. The Morgan fingerprint density at radius 2 is 1.76 bits per heavy atom. The quantitative estimate of drug-likeness (QED) is 0.383. The van der Waals surface area contributed by atoms with E-state index in [4.69, 9.17) is 30.2 Å². The number of ether oxygens (including phenoxy) is 3. The molecule has 1 aromatic heterocycles. The molecule has 0 saturated heterocycles. The molecule has 0 spiro atoms. The van der Waals surface area contributed by atoms with Gasteiger partial charge in [-0.1, -0.05) is 18.0 Å². The van der Waals surface area contributed by atoms with Gasteiger partial charge >= 0.3 is 5.97 Å². The molecule has 0 aliphatic heterocycles. The van der Waals surface area contributed by atoms with Crippen LogP contribution in [0.3, 0.4) is 0 Å². The van der Waals surface area contributed by atoms with Crippen molar-refractivity contribution >= 4 is 28.5 Å². The fourth-order valence-electron chi connectivity index (χ4n) is 4.02. The van der Waals surface area contributed by atoms with Crippen molar-refractivity contribution in [2.75, 3.05) is 0 Å². The fourth-order valence-corrected chi connectivity index (χ4v) is 4.13. The topological polar surface area (TPSA) is 75.0 Å². The van der Waals surface area contributed by atoms with Gasteiger partial charge < -0.3 is 18.6 Å². The minimum absolute atomic E-state index is 0.0291. The number of halogens is 1. The van der Waals surface area contributed by atoms with Crippen LogP contribution in [0.4, 0.5) is 0 Å². The molecule has 1 fully saturated rings. The van der Waals surface area contributed by atoms with Crippen LogP contribution in [-0.4, -0.2) is 18.2 Å². The summed E-state index contributed by atoms with van der Waals surface area (Å²) in [6, 6.07) is 8.35. The minimum atomic E-state index is -0.768. The van der Waals surface area contributed by atoms with Crippen LogP contribution in [0.1, 0.15) is 50.2 Å². The average molecular weight is 471 g/mol. The summed E-state index contributed by atoms with van der Waals surface area (Å²) in [6.45, 7) is 5.40. The highest BCUT2D eigenvalue weighted by Gasteiger charge is 2.23. The van der Waals surface area contributed by atoms with Gasteiger partial charge in [0.25, 0.3) is 0 Å². The summed E-state index contributed by atoms with van der Waals surface area (Å²) in [6.07, 6.45) is 5.63. The Morgan fingerprint density at radius 1 is 1.06 bits per heavy atom. The third-order valence-electron chi connectivity index (χ3n) is 5.83. The average Bonchev–Trinajstić information content (AvgIpc) is 2.80. The van der Waals surface area contributed by atoms with E-state index in [-0.39, 0.29) is 23.3 Å². The van der Waals surface area contributed by atoms with Crippen LogP contribution in [0.15, 0.2) is 45.8 Å². The van der Waals surface area contributed by atoms with Gasteiger partial charge in [0.05, 0.1) is 5.39 Å². The Morgan fingerprint density at radius 3 is 2.45 bits per heavy atom. The summed E-state index contributed by atoms with van der Waals surface area (Å²) >= 11 is 6.20. The zero-order chi connectivity index (χ0) is 23.5. The maximum absolute atomic E-state index is 12.9. The summed E-state index contributed by atoms with van der Waals surface area (Å²) < 4.78 is 22.7. The summed E-state index contributed by atoms with van der Waals surface area (Å²) in [5, 5.41) is 1.01. The molecule has 3 aromatic rings. The highest BCUT2D eigenvalue weighted by molar-refractivity contribution is 6.32. The summed E-state index contributed by atoms with van der Waals surface area (Å²) in [7, 11) is 0. The highest BCUT2D eigenvalue weighted by atomic mass is 35.5. The number of hydrogen-bond donors (Lipinski definition) is 0. The molecule has 0 radical (unpaired) electrons. The lowest BCUT2D eigenvalue weighted by atomic mass is 9.98. The van der Waals surface area contributed by atoms with Gasteiger partial charge in [-0.25, -0.2) is 4.79 Å². The van der Waals surface area contributed by atoms with E-state index in [2.05, 4.69) is 0 Å². The Balaban J connectivity index is 1.48. The van der Waals surface area contributed by atoms with E-state index in [1.54, 1.807) is 37.3 Å². The van der Waals surface area contributed by atoms with Crippen molar-refractivity contribution in [1.29, 1.82) is 0 Å². The first-order valence-electron chi connectivity index (χ1n) is 11.2. The van der Waals surface area contributed by atoms with Crippen molar-refractivity contribution in [2.45, 2.75) is 65.1 Å². The Bertz CT molecular complexity index is 1200. The number of esters is 1. The molecule has 1 heterocycles. The van der Waals surface area contributed by atoms with Crippen LogP contribution in [-0.2, 0) is 9.53 Å². The molecule has 2 aromatic carbocycles. The second-order valence-electron chi connectivity index (χ2n) is 8.52. The zero-order valence-corrected chi connectivity index (χ0v) is 19.7. The third-order valence-corrected chi connectivity index (χ3v) is 6.43. The van der Waals surface area contributed by atoms with Crippen LogP contribution in [0.5, 0.6) is 17.2 Å². The summed E-state index contributed by atoms with van der Waals surface area (Å²) in [4.78, 5) is 25.3. The van der Waals surface area contributed by atoms with Gasteiger partial charge in [-0.15, -0.1) is 0 Å². The molecule has 1 aliphatic carbocycles. The smallest absolute Gasteiger partial charge is 0.347 e. The summed E-state index contributed by atoms with van der Waals surface area (Å²) in [5.74, 6) is 0.602. The van der Waals surface area contributed by atoms with E-state index < -0.39 is 6.10 Å². The van der Waals surface area contributed by atoms with Crippen molar-refractivity contribution < 1.29 is 23.4 Å². The first-order chi connectivity index (χ1) is 15.8. The molecule has 33 heavy (non-hydrogen) atoms. The van der Waals surface area contributed by atoms with E-state index in [1.165, 1.54) is 12.7 Å². The Hall–Kier alpha value is -2.99. The minimum Gasteiger partial charge on any atom is -0.479 e. The number of carbonyl (C=O) groups excluding carboxylic acids is 1. The van der Waals surface area contributed by atoms with Gasteiger partial charge in [0.1, 0.15) is 29.4 Å². The van der Waals surface area contributed by atoms with E-state index in [0.29, 0.717) is 27.5 Å². The number of aryl methyl sites for hydroxylation is 2. The predicted molar refractivity (Wildman–Crippen MR) is 127 cm³/mol. The van der Waals surface area contributed by atoms with Crippen LogP contribution < -0.4 is 14.9 Å². The molecule has 1 saturated carbocycles. The van der Waals surface area contributed by atoms with Crippen molar-refractivity contribution in [3.63, 3.8) is 0 Å². The monoisotopic (exact) mass is 470 g/mol. The first kappa shape index (κ1) is 23.2. The second kappa shape index (κ2) is 9.87. The van der Waals surface area contributed by atoms with Crippen molar-refractivity contribution in [1.82, 2.24) is 0 Å². The molecule has 1 atom stereocenters. The number of hydrogen-bond acceptors (Lipinski definition) is 6. The van der Waals surface area contributed by atoms with E-state index >= 15 is 0 Å². The molecule has 1 aliphatic rings. The number of rotatable bonds is 6. The lowest BCUT2D eigenvalue weighted by Gasteiger charge is -2.23. The highest BCUT2D eigenvalue weighted by Crippen LogP contribution is 2.29. The molecular formula is C26H27ClO6. The number of benzene rings is 2. The van der Waals surface area contributed by atoms with Crippen LogP contribution in [0, 0.1) is 13.8 Å². The van der Waals surface area contributed by atoms with E-state index in [9.17, 15) is 9.59 Å². The molecule has 7 heteroatoms. The van der Waals surface area contributed by atoms with Gasteiger partial charge in [0.2, 0.25) is 11.2 Å². The molecule has 0 N–H and O–H groups in total. The van der Waals surface area contributed by atoms with Crippen LogP contribution in [0.25, 0.3) is 11.0 Å². The summed E-state index contributed by atoms with van der Waals surface area (Å²) in [5.41, 5.74) is 1.74. The zero-order valence-electron chi connectivity index (χ0n) is 19.0. The lowest BCUT2D eigenvalue weighted by Crippen LogP contribution is -2.31.